The fourth-order valence-corrected chi connectivity index (χ4v) is 4.53. The van der Waals surface area contributed by atoms with Gasteiger partial charge in [-0.15, -0.1) is 11.3 Å². The molecule has 1 fully saturated rings. The molecular weight excluding hydrogens is 314 g/mol. The fourth-order valence-electron chi connectivity index (χ4n) is 1.54. The van der Waals surface area contributed by atoms with Gasteiger partial charge in [-0.3, -0.25) is 0 Å². The normalized spacial score (nSPS) is 23.4. The summed E-state index contributed by atoms with van der Waals surface area (Å²) in [4.78, 5) is 0. The maximum atomic E-state index is 12.2. The van der Waals surface area contributed by atoms with Crippen molar-refractivity contribution in [3.05, 3.63) is 17.5 Å². The van der Waals surface area contributed by atoms with E-state index in [1.165, 1.54) is 15.6 Å². The fraction of sp³-hybridized carbons (Fsp3) is 0.556. The van der Waals surface area contributed by atoms with Crippen LogP contribution >= 0.6 is 27.3 Å². The molecular formula is C9H12BrNO3S2. The first-order chi connectivity index (χ1) is 7.64. The van der Waals surface area contributed by atoms with E-state index >= 15 is 0 Å². The van der Waals surface area contributed by atoms with Gasteiger partial charge in [-0.25, -0.2) is 8.42 Å². The van der Waals surface area contributed by atoms with Crippen molar-refractivity contribution in [1.29, 1.82) is 0 Å². The Hall–Kier alpha value is 0.0500. The minimum atomic E-state index is -3.31. The van der Waals surface area contributed by atoms with E-state index in [1.807, 2.05) is 0 Å². The highest BCUT2D eigenvalue weighted by Gasteiger charge is 2.30. The van der Waals surface area contributed by atoms with Gasteiger partial charge in [0.1, 0.15) is 4.21 Å². The summed E-state index contributed by atoms with van der Waals surface area (Å²) in [5.74, 6) is 0. The first kappa shape index (κ1) is 12.5. The van der Waals surface area contributed by atoms with Crippen molar-refractivity contribution in [1.82, 2.24) is 4.31 Å². The third-order valence-corrected chi connectivity index (χ3v) is 6.32. The molecule has 0 aliphatic carbocycles. The summed E-state index contributed by atoms with van der Waals surface area (Å²) in [6, 6.07) is 3.39. The Bertz CT molecular complexity index is 432. The number of sulfonamides is 1. The molecule has 1 aliphatic heterocycles. The van der Waals surface area contributed by atoms with Gasteiger partial charge >= 0.3 is 0 Å². The molecule has 0 spiro atoms. The molecule has 1 saturated heterocycles. The molecule has 7 heteroatoms. The van der Waals surface area contributed by atoms with Crippen molar-refractivity contribution in [3.63, 3.8) is 0 Å². The number of thiophene rings is 1. The number of hydrogen-bond donors (Lipinski definition) is 0. The van der Waals surface area contributed by atoms with Gasteiger partial charge in [0.2, 0.25) is 0 Å². The summed E-state index contributed by atoms with van der Waals surface area (Å²) < 4.78 is 31.7. The molecule has 0 radical (unpaired) electrons. The second-order valence-electron chi connectivity index (χ2n) is 3.44. The number of hydrogen-bond acceptors (Lipinski definition) is 4. The molecule has 1 aromatic rings. The molecule has 2 rings (SSSR count). The Morgan fingerprint density at radius 2 is 2.44 bits per heavy atom. The summed E-state index contributed by atoms with van der Waals surface area (Å²) in [7, 11) is -3.31. The van der Waals surface area contributed by atoms with Gasteiger partial charge in [0.15, 0.2) is 0 Å². The van der Waals surface area contributed by atoms with Crippen LogP contribution < -0.4 is 0 Å². The van der Waals surface area contributed by atoms with E-state index in [-0.39, 0.29) is 6.10 Å². The zero-order chi connectivity index (χ0) is 11.6. The second-order valence-corrected chi connectivity index (χ2v) is 7.20. The van der Waals surface area contributed by atoms with Gasteiger partial charge in [-0.2, -0.15) is 4.31 Å². The highest BCUT2D eigenvalue weighted by molar-refractivity contribution is 9.09. The maximum Gasteiger partial charge on any atom is 0.252 e. The molecule has 4 nitrogen and oxygen atoms in total. The monoisotopic (exact) mass is 325 g/mol. The van der Waals surface area contributed by atoms with E-state index in [2.05, 4.69) is 15.9 Å². The van der Waals surface area contributed by atoms with Crippen LogP contribution in [-0.2, 0) is 14.8 Å². The van der Waals surface area contributed by atoms with Gasteiger partial charge in [0, 0.05) is 18.4 Å². The van der Waals surface area contributed by atoms with Crippen LogP contribution in [0.2, 0.25) is 0 Å². The Kier molecular flexibility index (Phi) is 4.01. The van der Waals surface area contributed by atoms with Crippen LogP contribution in [0.5, 0.6) is 0 Å². The number of alkyl halides is 1. The molecule has 0 amide bonds. The molecule has 0 saturated carbocycles. The Morgan fingerprint density at radius 3 is 3.06 bits per heavy atom. The quantitative estimate of drug-likeness (QED) is 0.792. The molecule has 2 heterocycles. The maximum absolute atomic E-state index is 12.2. The summed E-state index contributed by atoms with van der Waals surface area (Å²) >= 11 is 4.56. The standard InChI is InChI=1S/C9H12BrNO3S2/c10-6-8-7-11(3-4-14-8)16(12,13)9-2-1-5-15-9/h1-2,5,8H,3-4,6-7H2. The minimum Gasteiger partial charge on any atom is -0.375 e. The average molecular weight is 326 g/mol. The largest absolute Gasteiger partial charge is 0.375 e. The lowest BCUT2D eigenvalue weighted by atomic mass is 10.3. The first-order valence-electron chi connectivity index (χ1n) is 4.86. The van der Waals surface area contributed by atoms with E-state index in [4.69, 9.17) is 4.74 Å². The first-order valence-corrected chi connectivity index (χ1v) is 8.30. The van der Waals surface area contributed by atoms with Gasteiger partial charge in [0.25, 0.3) is 10.0 Å². The Labute approximate surface area is 107 Å². The number of ether oxygens (including phenoxy) is 1. The third kappa shape index (κ3) is 2.48. The van der Waals surface area contributed by atoms with Crippen molar-refractivity contribution < 1.29 is 13.2 Å². The SMILES string of the molecule is O=S(=O)(c1cccs1)N1CCOC(CBr)C1. The summed E-state index contributed by atoms with van der Waals surface area (Å²) in [6.07, 6.45) is -0.0523. The van der Waals surface area contributed by atoms with Crippen LogP contribution in [0.25, 0.3) is 0 Å². The lowest BCUT2D eigenvalue weighted by Crippen LogP contribution is -2.45. The van der Waals surface area contributed by atoms with Gasteiger partial charge in [0.05, 0.1) is 12.7 Å². The molecule has 90 valence electrons. The van der Waals surface area contributed by atoms with E-state index in [9.17, 15) is 8.42 Å². The zero-order valence-electron chi connectivity index (χ0n) is 8.50. The molecule has 1 aromatic heterocycles. The van der Waals surface area contributed by atoms with E-state index in [1.54, 1.807) is 17.5 Å². The predicted molar refractivity (Wildman–Crippen MR) is 66.6 cm³/mol. The van der Waals surface area contributed by atoms with E-state index < -0.39 is 10.0 Å². The number of rotatable bonds is 3. The molecule has 1 aliphatic rings. The van der Waals surface area contributed by atoms with Crippen LogP contribution in [0.1, 0.15) is 0 Å². The van der Waals surface area contributed by atoms with Gasteiger partial charge in [-0.05, 0) is 11.4 Å². The Balaban J connectivity index is 2.18. The lowest BCUT2D eigenvalue weighted by Gasteiger charge is -2.30. The predicted octanol–water partition coefficient (Wildman–Crippen LogP) is 1.53. The number of morpholine rings is 1. The number of halogens is 1. The molecule has 1 atom stereocenters. The van der Waals surface area contributed by atoms with Crippen molar-refractivity contribution in [2.45, 2.75) is 10.3 Å². The van der Waals surface area contributed by atoms with Crippen molar-refractivity contribution in [2.75, 3.05) is 25.0 Å². The van der Waals surface area contributed by atoms with Crippen molar-refractivity contribution in [3.8, 4) is 0 Å². The van der Waals surface area contributed by atoms with Crippen LogP contribution in [0, 0.1) is 0 Å². The Morgan fingerprint density at radius 1 is 1.62 bits per heavy atom. The van der Waals surface area contributed by atoms with E-state index in [0.717, 1.165) is 0 Å². The number of nitrogens with zero attached hydrogens (tertiary/aromatic N) is 1. The zero-order valence-corrected chi connectivity index (χ0v) is 11.7. The van der Waals surface area contributed by atoms with Crippen LogP contribution in [-0.4, -0.2) is 43.9 Å². The van der Waals surface area contributed by atoms with Crippen molar-refractivity contribution in [2.24, 2.45) is 0 Å². The molecule has 0 N–H and O–H groups in total. The van der Waals surface area contributed by atoms with Crippen LogP contribution in [0.15, 0.2) is 21.7 Å². The minimum absolute atomic E-state index is 0.0523. The third-order valence-electron chi connectivity index (χ3n) is 2.36. The van der Waals surface area contributed by atoms with Crippen LogP contribution in [0.4, 0.5) is 0 Å². The van der Waals surface area contributed by atoms with E-state index in [0.29, 0.717) is 29.2 Å². The van der Waals surface area contributed by atoms with Gasteiger partial charge < -0.3 is 4.74 Å². The highest BCUT2D eigenvalue weighted by Crippen LogP contribution is 2.23. The lowest BCUT2D eigenvalue weighted by molar-refractivity contribution is 0.0137. The summed E-state index contributed by atoms with van der Waals surface area (Å²) in [6.45, 7) is 1.32. The molecule has 0 aromatic carbocycles. The average Bonchev–Trinajstić information content (AvgIpc) is 2.83. The van der Waals surface area contributed by atoms with Gasteiger partial charge in [-0.1, -0.05) is 22.0 Å². The highest BCUT2D eigenvalue weighted by atomic mass is 79.9. The topological polar surface area (TPSA) is 46.6 Å². The second kappa shape index (κ2) is 5.14. The summed E-state index contributed by atoms with van der Waals surface area (Å²) in [5, 5.41) is 2.43. The summed E-state index contributed by atoms with van der Waals surface area (Å²) in [5.41, 5.74) is 0. The smallest absolute Gasteiger partial charge is 0.252 e. The molecule has 0 bridgehead atoms. The van der Waals surface area contributed by atoms with Crippen LogP contribution in [0.3, 0.4) is 0 Å². The molecule has 16 heavy (non-hydrogen) atoms. The molecule has 1 unspecified atom stereocenters. The van der Waals surface area contributed by atoms with Crippen molar-refractivity contribution >= 4 is 37.3 Å².